The van der Waals surface area contributed by atoms with Gasteiger partial charge in [-0.05, 0) is 31.0 Å². The Morgan fingerprint density at radius 2 is 2.11 bits per heavy atom. The van der Waals surface area contributed by atoms with Gasteiger partial charge >= 0.3 is 0 Å². The highest BCUT2D eigenvalue weighted by Crippen LogP contribution is 2.31. The minimum absolute atomic E-state index is 0. The molecule has 1 aliphatic rings. The highest BCUT2D eigenvalue weighted by Gasteiger charge is 2.34. The Kier molecular flexibility index (Phi) is 11.2. The number of carbonyl (C=O) groups excluding carboxylic acids is 1. The van der Waals surface area contributed by atoms with Gasteiger partial charge < -0.3 is 25.8 Å². The van der Waals surface area contributed by atoms with Gasteiger partial charge in [-0.3, -0.25) is 9.79 Å². The summed E-state index contributed by atoms with van der Waals surface area (Å²) in [7, 11) is 1.71. The van der Waals surface area contributed by atoms with E-state index in [1.165, 1.54) is 0 Å². The van der Waals surface area contributed by atoms with Crippen molar-refractivity contribution in [3.8, 4) is 0 Å². The zero-order chi connectivity index (χ0) is 18.8. The van der Waals surface area contributed by atoms with Gasteiger partial charge in [-0.1, -0.05) is 22.0 Å². The molecular formula is C18H28BrIN4O3. The van der Waals surface area contributed by atoms with Gasteiger partial charge in [-0.2, -0.15) is 0 Å². The van der Waals surface area contributed by atoms with E-state index in [1.807, 2.05) is 12.1 Å². The van der Waals surface area contributed by atoms with Crippen molar-refractivity contribution >= 4 is 51.8 Å². The van der Waals surface area contributed by atoms with Crippen LogP contribution in [0.2, 0.25) is 0 Å². The molecule has 1 heterocycles. The predicted octanol–water partition coefficient (Wildman–Crippen LogP) is 1.75. The van der Waals surface area contributed by atoms with Gasteiger partial charge in [0.2, 0.25) is 0 Å². The van der Waals surface area contributed by atoms with Gasteiger partial charge in [0.05, 0.1) is 6.61 Å². The molecule has 1 aromatic carbocycles. The van der Waals surface area contributed by atoms with Crippen molar-refractivity contribution in [2.75, 3.05) is 46.5 Å². The molecule has 4 N–H and O–H groups in total. The Bertz CT molecular complexity index is 624. The van der Waals surface area contributed by atoms with E-state index < -0.39 is 0 Å². The summed E-state index contributed by atoms with van der Waals surface area (Å²) in [4.78, 5) is 16.3. The molecule has 1 atom stereocenters. The lowest BCUT2D eigenvalue weighted by Crippen LogP contribution is -2.46. The summed E-state index contributed by atoms with van der Waals surface area (Å²) in [6.45, 7) is 3.27. The summed E-state index contributed by atoms with van der Waals surface area (Å²) in [5.74, 6) is 0.562. The highest BCUT2D eigenvalue weighted by molar-refractivity contribution is 14.0. The van der Waals surface area contributed by atoms with Crippen LogP contribution in [-0.2, 0) is 4.74 Å². The molecule has 0 saturated carbocycles. The fourth-order valence-corrected chi connectivity index (χ4v) is 3.29. The van der Waals surface area contributed by atoms with Gasteiger partial charge in [0, 0.05) is 55.3 Å². The van der Waals surface area contributed by atoms with Crippen LogP contribution in [0.4, 0.5) is 0 Å². The Morgan fingerprint density at radius 1 is 1.33 bits per heavy atom. The summed E-state index contributed by atoms with van der Waals surface area (Å²) in [5.41, 5.74) is 0.579. The summed E-state index contributed by atoms with van der Waals surface area (Å²) < 4.78 is 6.37. The van der Waals surface area contributed by atoms with Crippen molar-refractivity contribution < 1.29 is 14.6 Å². The predicted molar refractivity (Wildman–Crippen MR) is 121 cm³/mol. The first-order valence-corrected chi connectivity index (χ1v) is 9.55. The molecule has 2 rings (SSSR count). The zero-order valence-corrected chi connectivity index (χ0v) is 19.4. The Labute approximate surface area is 185 Å². The summed E-state index contributed by atoms with van der Waals surface area (Å²) in [6, 6.07) is 7.27. The van der Waals surface area contributed by atoms with Gasteiger partial charge in [-0.15, -0.1) is 24.0 Å². The molecule has 0 aliphatic carbocycles. The molecule has 0 radical (unpaired) electrons. The summed E-state index contributed by atoms with van der Waals surface area (Å²) in [6.07, 6.45) is 1.64. The number of ether oxygens (including phenoxy) is 1. The van der Waals surface area contributed by atoms with E-state index in [4.69, 9.17) is 4.74 Å². The second kappa shape index (κ2) is 12.5. The molecule has 1 unspecified atom stereocenters. The van der Waals surface area contributed by atoms with Crippen molar-refractivity contribution in [1.82, 2.24) is 16.0 Å². The summed E-state index contributed by atoms with van der Waals surface area (Å²) in [5, 5.41) is 18.6. The Balaban J connectivity index is 0.00000364. The third-order valence-corrected chi connectivity index (χ3v) is 4.96. The maximum absolute atomic E-state index is 12.1. The molecule has 1 aliphatic heterocycles. The number of hydrogen-bond acceptors (Lipinski definition) is 4. The second-order valence-corrected chi connectivity index (χ2v) is 7.31. The topological polar surface area (TPSA) is 95.0 Å². The standard InChI is InChI=1S/C18H27BrN4O3.HI/c1-20-17(23-12-18(5-9-24)6-10-26-13-18)22-8-7-21-16(25)14-3-2-4-15(19)11-14;/h2-4,11,24H,5-10,12-13H2,1H3,(H,21,25)(H2,20,22,23);1H. The normalized spacial score (nSPS) is 19.3. The number of benzene rings is 1. The number of nitrogens with one attached hydrogen (secondary N) is 3. The molecular weight excluding hydrogens is 527 g/mol. The third kappa shape index (κ3) is 7.92. The molecule has 0 bridgehead atoms. The van der Waals surface area contributed by atoms with Crippen molar-refractivity contribution in [3.05, 3.63) is 34.3 Å². The quantitative estimate of drug-likeness (QED) is 0.170. The minimum atomic E-state index is -0.110. The van der Waals surface area contributed by atoms with Crippen LogP contribution < -0.4 is 16.0 Å². The van der Waals surface area contributed by atoms with E-state index in [-0.39, 0.29) is 41.9 Å². The number of amides is 1. The van der Waals surface area contributed by atoms with Gasteiger partial charge in [0.1, 0.15) is 0 Å². The lowest BCUT2D eigenvalue weighted by atomic mass is 9.84. The number of guanidine groups is 1. The van der Waals surface area contributed by atoms with Crippen molar-refractivity contribution in [2.45, 2.75) is 12.8 Å². The van der Waals surface area contributed by atoms with E-state index in [2.05, 4.69) is 36.9 Å². The maximum Gasteiger partial charge on any atom is 0.251 e. The lowest BCUT2D eigenvalue weighted by Gasteiger charge is -2.27. The largest absolute Gasteiger partial charge is 0.396 e. The lowest BCUT2D eigenvalue weighted by molar-refractivity contribution is 0.0954. The number of hydrogen-bond donors (Lipinski definition) is 4. The average Bonchev–Trinajstić information content (AvgIpc) is 3.10. The number of aliphatic imine (C=N–C) groups is 1. The van der Waals surface area contributed by atoms with E-state index >= 15 is 0 Å². The van der Waals surface area contributed by atoms with E-state index in [0.29, 0.717) is 44.2 Å². The number of aliphatic hydroxyl groups is 1. The van der Waals surface area contributed by atoms with Crippen molar-refractivity contribution in [3.63, 3.8) is 0 Å². The highest BCUT2D eigenvalue weighted by atomic mass is 127. The van der Waals surface area contributed by atoms with Crippen LogP contribution in [0.1, 0.15) is 23.2 Å². The first kappa shape index (κ1) is 24.1. The summed E-state index contributed by atoms with van der Waals surface area (Å²) >= 11 is 3.36. The van der Waals surface area contributed by atoms with Crippen LogP contribution >= 0.6 is 39.9 Å². The van der Waals surface area contributed by atoms with E-state index in [0.717, 1.165) is 17.5 Å². The second-order valence-electron chi connectivity index (χ2n) is 6.39. The fraction of sp³-hybridized carbons (Fsp3) is 0.556. The number of nitrogens with zero attached hydrogens (tertiary/aromatic N) is 1. The monoisotopic (exact) mass is 554 g/mol. The van der Waals surface area contributed by atoms with Crippen LogP contribution in [0.15, 0.2) is 33.7 Å². The molecule has 7 nitrogen and oxygen atoms in total. The van der Waals surface area contributed by atoms with Crippen LogP contribution in [0, 0.1) is 5.41 Å². The molecule has 0 spiro atoms. The van der Waals surface area contributed by atoms with E-state index in [9.17, 15) is 9.90 Å². The zero-order valence-electron chi connectivity index (χ0n) is 15.5. The van der Waals surface area contributed by atoms with Crippen LogP contribution in [0.3, 0.4) is 0 Å². The maximum atomic E-state index is 12.1. The van der Waals surface area contributed by atoms with Gasteiger partial charge in [0.25, 0.3) is 5.91 Å². The van der Waals surface area contributed by atoms with E-state index in [1.54, 1.807) is 19.2 Å². The van der Waals surface area contributed by atoms with Crippen LogP contribution in [0.5, 0.6) is 0 Å². The number of aliphatic hydroxyl groups excluding tert-OH is 1. The Hall–Kier alpha value is -0.910. The first-order chi connectivity index (χ1) is 12.6. The fourth-order valence-electron chi connectivity index (χ4n) is 2.89. The molecule has 9 heteroatoms. The number of carbonyl (C=O) groups is 1. The number of halogens is 2. The number of rotatable bonds is 8. The first-order valence-electron chi connectivity index (χ1n) is 8.75. The van der Waals surface area contributed by atoms with Crippen molar-refractivity contribution in [2.24, 2.45) is 10.4 Å². The molecule has 0 aromatic heterocycles. The van der Waals surface area contributed by atoms with Crippen LogP contribution in [-0.4, -0.2) is 63.5 Å². The average molecular weight is 555 g/mol. The third-order valence-electron chi connectivity index (χ3n) is 4.47. The molecule has 1 saturated heterocycles. The van der Waals surface area contributed by atoms with Crippen LogP contribution in [0.25, 0.3) is 0 Å². The minimum Gasteiger partial charge on any atom is -0.396 e. The van der Waals surface area contributed by atoms with Gasteiger partial charge in [-0.25, -0.2) is 0 Å². The molecule has 1 fully saturated rings. The Morgan fingerprint density at radius 3 is 2.74 bits per heavy atom. The smallest absolute Gasteiger partial charge is 0.251 e. The molecule has 27 heavy (non-hydrogen) atoms. The van der Waals surface area contributed by atoms with Crippen molar-refractivity contribution in [1.29, 1.82) is 0 Å². The molecule has 1 aromatic rings. The molecule has 152 valence electrons. The SMILES string of the molecule is CN=C(NCCNC(=O)c1cccc(Br)c1)NCC1(CCO)CCOC1.I. The van der Waals surface area contributed by atoms with Gasteiger partial charge in [0.15, 0.2) is 5.96 Å². The molecule has 1 amide bonds.